The molecule has 0 aromatic rings. The van der Waals surface area contributed by atoms with E-state index in [1.807, 2.05) is 13.8 Å². The highest BCUT2D eigenvalue weighted by molar-refractivity contribution is 5.70. The molecule has 0 unspecified atom stereocenters. The van der Waals surface area contributed by atoms with Gasteiger partial charge in [0.05, 0.1) is 0 Å². The van der Waals surface area contributed by atoms with Crippen LogP contribution in [0.4, 0.5) is 0 Å². The van der Waals surface area contributed by atoms with Crippen molar-refractivity contribution >= 4 is 5.97 Å². The van der Waals surface area contributed by atoms with E-state index in [0.29, 0.717) is 12.3 Å². The number of carbonyl (C=O) groups excluding carboxylic acids is 1. The second kappa shape index (κ2) is 5.82. The Hall–Kier alpha value is -1.55. The number of allylic oxidation sites excluding steroid dienone is 2. The van der Waals surface area contributed by atoms with Crippen LogP contribution in [0.1, 0.15) is 47.0 Å². The summed E-state index contributed by atoms with van der Waals surface area (Å²) in [5.74, 6) is 1.05. The predicted octanol–water partition coefficient (Wildman–Crippen LogP) is 3.89. The predicted molar refractivity (Wildman–Crippen MR) is 87.4 cm³/mol. The zero-order valence-electron chi connectivity index (χ0n) is 14.6. The van der Waals surface area contributed by atoms with Crippen molar-refractivity contribution in [3.8, 4) is 0 Å². The molecule has 23 heavy (non-hydrogen) atoms. The van der Waals surface area contributed by atoms with Gasteiger partial charge in [0, 0.05) is 30.1 Å². The maximum absolute atomic E-state index is 12.1. The molecule has 2 aliphatic carbocycles. The number of esters is 1. The van der Waals surface area contributed by atoms with E-state index in [1.165, 1.54) is 5.57 Å². The Balaban J connectivity index is 2.15. The fourth-order valence-electron chi connectivity index (χ4n) is 4.02. The molecule has 1 aliphatic heterocycles. The van der Waals surface area contributed by atoms with Gasteiger partial charge in [0.2, 0.25) is 6.29 Å². The minimum Gasteiger partial charge on any atom is -0.461 e. The van der Waals surface area contributed by atoms with Crippen molar-refractivity contribution in [1.82, 2.24) is 0 Å². The summed E-state index contributed by atoms with van der Waals surface area (Å²) >= 11 is 0. The molecular weight excluding hydrogens is 292 g/mol. The number of ether oxygens (including phenoxy) is 3. The first-order chi connectivity index (χ1) is 10.9. The molecule has 0 N–H and O–H groups in total. The third-order valence-corrected chi connectivity index (χ3v) is 5.73. The number of hydrogen-bond acceptors (Lipinski definition) is 4. The van der Waals surface area contributed by atoms with Crippen LogP contribution in [-0.4, -0.2) is 25.5 Å². The van der Waals surface area contributed by atoms with Crippen LogP contribution in [0.3, 0.4) is 0 Å². The van der Waals surface area contributed by atoms with Crippen molar-refractivity contribution in [3.63, 3.8) is 0 Å². The lowest BCUT2D eigenvalue weighted by molar-refractivity contribution is -0.153. The molecule has 3 rings (SSSR count). The van der Waals surface area contributed by atoms with Gasteiger partial charge in [0.25, 0.3) is 0 Å². The molecular formula is C19H26O4. The van der Waals surface area contributed by atoms with Crippen LogP contribution < -0.4 is 0 Å². The van der Waals surface area contributed by atoms with Crippen LogP contribution in [-0.2, 0) is 19.0 Å². The lowest BCUT2D eigenvalue weighted by Crippen LogP contribution is -2.47. The molecule has 126 valence electrons. The molecule has 4 atom stereocenters. The van der Waals surface area contributed by atoms with Crippen LogP contribution in [0, 0.1) is 11.3 Å². The second-order valence-electron chi connectivity index (χ2n) is 6.93. The van der Waals surface area contributed by atoms with Crippen LogP contribution in [0.5, 0.6) is 0 Å². The molecule has 0 saturated carbocycles. The number of rotatable bonds is 3. The highest BCUT2D eigenvalue weighted by atomic mass is 16.7. The maximum atomic E-state index is 12.1. The normalized spacial score (nSPS) is 35.8. The summed E-state index contributed by atoms with van der Waals surface area (Å²) in [6.45, 7) is 8.29. The molecule has 4 nitrogen and oxygen atoms in total. The van der Waals surface area contributed by atoms with Gasteiger partial charge in [-0.25, -0.2) is 0 Å². The number of hydrogen-bond donors (Lipinski definition) is 0. The number of fused-ring (bicyclic) bond motifs is 2. The van der Waals surface area contributed by atoms with E-state index < -0.39 is 6.29 Å². The van der Waals surface area contributed by atoms with E-state index in [2.05, 4.69) is 26.0 Å². The van der Waals surface area contributed by atoms with Crippen LogP contribution in [0.25, 0.3) is 0 Å². The molecule has 0 radical (unpaired) electrons. The van der Waals surface area contributed by atoms with Crippen molar-refractivity contribution in [3.05, 3.63) is 34.6 Å². The fourth-order valence-corrected chi connectivity index (χ4v) is 4.02. The molecule has 0 bridgehead atoms. The highest BCUT2D eigenvalue weighted by Gasteiger charge is 2.53. The summed E-state index contributed by atoms with van der Waals surface area (Å²) in [5, 5.41) is 0. The lowest BCUT2D eigenvalue weighted by Gasteiger charge is -2.48. The Kier molecular flexibility index (Phi) is 4.13. The molecule has 4 heteroatoms. The second-order valence-corrected chi connectivity index (χ2v) is 6.93. The average Bonchev–Trinajstić information content (AvgIpc) is 2.85. The third-order valence-electron chi connectivity index (χ3n) is 5.73. The van der Waals surface area contributed by atoms with Gasteiger partial charge in [-0.15, -0.1) is 0 Å². The fraction of sp³-hybridized carbons (Fsp3) is 0.632. The van der Waals surface area contributed by atoms with E-state index in [9.17, 15) is 4.79 Å². The average molecular weight is 318 g/mol. The topological polar surface area (TPSA) is 44.8 Å². The van der Waals surface area contributed by atoms with Crippen molar-refractivity contribution in [2.24, 2.45) is 11.3 Å². The maximum Gasteiger partial charge on any atom is 0.306 e. The zero-order valence-corrected chi connectivity index (χ0v) is 14.6. The van der Waals surface area contributed by atoms with Gasteiger partial charge in [-0.05, 0) is 37.3 Å². The lowest BCUT2D eigenvalue weighted by atomic mass is 9.59. The van der Waals surface area contributed by atoms with E-state index in [0.717, 1.165) is 29.7 Å². The Morgan fingerprint density at radius 1 is 1.48 bits per heavy atom. The first-order valence-corrected chi connectivity index (χ1v) is 8.45. The van der Waals surface area contributed by atoms with Crippen LogP contribution in [0.15, 0.2) is 34.6 Å². The van der Waals surface area contributed by atoms with Gasteiger partial charge in [-0.1, -0.05) is 26.8 Å². The van der Waals surface area contributed by atoms with E-state index in [-0.39, 0.29) is 17.5 Å². The van der Waals surface area contributed by atoms with Crippen LogP contribution in [0.2, 0.25) is 0 Å². The summed E-state index contributed by atoms with van der Waals surface area (Å²) in [7, 11) is 1.64. The summed E-state index contributed by atoms with van der Waals surface area (Å²) in [6.07, 6.45) is 6.20. The summed E-state index contributed by atoms with van der Waals surface area (Å²) < 4.78 is 17.3. The molecule has 0 saturated heterocycles. The molecule has 3 aliphatic rings. The molecule has 1 heterocycles. The van der Waals surface area contributed by atoms with E-state index >= 15 is 0 Å². The van der Waals surface area contributed by atoms with Crippen molar-refractivity contribution in [2.75, 3.05) is 7.11 Å². The zero-order chi connectivity index (χ0) is 16.8. The van der Waals surface area contributed by atoms with Crippen LogP contribution >= 0.6 is 0 Å². The largest absolute Gasteiger partial charge is 0.461 e. The van der Waals surface area contributed by atoms with Gasteiger partial charge >= 0.3 is 5.97 Å². The summed E-state index contributed by atoms with van der Waals surface area (Å²) in [4.78, 5) is 12.1. The Bertz CT molecular complexity index is 613. The SMILES string of the molecule is CCC(=O)O[C@@H]1C2=C(C)[C@@H](OC)OC2=CC2=CCC[C@H](C)[C@]21C. The van der Waals surface area contributed by atoms with Gasteiger partial charge < -0.3 is 14.2 Å². The molecule has 0 amide bonds. The highest BCUT2D eigenvalue weighted by Crippen LogP contribution is 2.55. The Morgan fingerprint density at radius 3 is 2.87 bits per heavy atom. The summed E-state index contributed by atoms with van der Waals surface area (Å²) in [5.41, 5.74) is 3.00. The standard InChI is InChI=1S/C19H26O4/c1-6-15(20)23-17-16-12(3)18(21-5)22-14(16)10-13-9-7-8-11(2)19(13,17)4/h9-11,17-18H,6-8H2,1-5H3/t11-,17+,18-,19+/m0/s1. The first kappa shape index (κ1) is 16.3. The van der Waals surface area contributed by atoms with E-state index in [4.69, 9.17) is 14.2 Å². The number of methoxy groups -OCH3 is 1. The first-order valence-electron chi connectivity index (χ1n) is 8.45. The minimum atomic E-state index is -0.390. The minimum absolute atomic E-state index is 0.171. The van der Waals surface area contributed by atoms with Crippen molar-refractivity contribution < 1.29 is 19.0 Å². The quantitative estimate of drug-likeness (QED) is 0.741. The van der Waals surface area contributed by atoms with Crippen molar-refractivity contribution in [2.45, 2.75) is 59.4 Å². The van der Waals surface area contributed by atoms with Crippen molar-refractivity contribution in [1.29, 1.82) is 0 Å². The Morgan fingerprint density at radius 2 is 2.22 bits per heavy atom. The molecule has 0 spiro atoms. The van der Waals surface area contributed by atoms with Gasteiger partial charge in [0.15, 0.2) is 0 Å². The van der Waals surface area contributed by atoms with Gasteiger partial charge in [-0.2, -0.15) is 0 Å². The number of carbonyl (C=O) groups is 1. The molecule has 0 aromatic carbocycles. The third kappa shape index (κ3) is 2.35. The molecule has 0 aromatic heterocycles. The monoisotopic (exact) mass is 318 g/mol. The Labute approximate surface area is 138 Å². The smallest absolute Gasteiger partial charge is 0.306 e. The van der Waals surface area contributed by atoms with Gasteiger partial charge in [0.1, 0.15) is 11.9 Å². The van der Waals surface area contributed by atoms with Gasteiger partial charge in [-0.3, -0.25) is 4.79 Å². The summed E-state index contributed by atoms with van der Waals surface area (Å²) in [6, 6.07) is 0. The molecule has 0 fully saturated rings. The van der Waals surface area contributed by atoms with E-state index in [1.54, 1.807) is 7.11 Å².